The number of piperazine rings is 1. The highest BCUT2D eigenvalue weighted by atomic mass is 16.2. The molecule has 2 atom stereocenters. The van der Waals surface area contributed by atoms with Crippen molar-refractivity contribution in [3.63, 3.8) is 0 Å². The minimum absolute atomic E-state index is 0.108. The Kier molecular flexibility index (Phi) is 2.74. The largest absolute Gasteiger partial charge is 0.339 e. The van der Waals surface area contributed by atoms with Crippen molar-refractivity contribution in [1.29, 1.82) is 0 Å². The van der Waals surface area contributed by atoms with Gasteiger partial charge in [-0.15, -0.1) is 0 Å². The van der Waals surface area contributed by atoms with E-state index >= 15 is 0 Å². The zero-order chi connectivity index (χ0) is 10.1. The summed E-state index contributed by atoms with van der Waals surface area (Å²) in [6.45, 7) is 5.76. The van der Waals surface area contributed by atoms with Crippen molar-refractivity contribution in [3.05, 3.63) is 0 Å². The van der Waals surface area contributed by atoms with E-state index in [0.717, 1.165) is 19.6 Å². The van der Waals surface area contributed by atoms with Gasteiger partial charge in [-0.25, -0.2) is 0 Å². The molecule has 0 spiro atoms. The summed E-state index contributed by atoms with van der Waals surface area (Å²) in [4.78, 5) is 16.1. The van der Waals surface area contributed by atoms with Gasteiger partial charge in [0.05, 0.1) is 6.04 Å². The number of nitrogens with two attached hydrogens (primary N) is 1. The van der Waals surface area contributed by atoms with Gasteiger partial charge in [0, 0.05) is 25.7 Å². The molecule has 0 aromatic carbocycles. The molecular formula is C10H19N3O. The maximum Gasteiger partial charge on any atom is 0.239 e. The molecule has 1 amide bonds. The second-order valence-electron chi connectivity index (χ2n) is 4.40. The number of rotatable bonds is 1. The second-order valence-corrected chi connectivity index (χ2v) is 4.40. The van der Waals surface area contributed by atoms with Gasteiger partial charge in [-0.3, -0.25) is 9.69 Å². The van der Waals surface area contributed by atoms with Crippen LogP contribution in [0.3, 0.4) is 0 Å². The fourth-order valence-corrected chi connectivity index (χ4v) is 2.48. The summed E-state index contributed by atoms with van der Waals surface area (Å²) in [5, 5.41) is 0. The van der Waals surface area contributed by atoms with Crippen LogP contribution in [0.15, 0.2) is 0 Å². The van der Waals surface area contributed by atoms with Crippen LogP contribution in [0.4, 0.5) is 0 Å². The van der Waals surface area contributed by atoms with Crippen LogP contribution in [0.1, 0.15) is 19.8 Å². The smallest absolute Gasteiger partial charge is 0.239 e. The highest BCUT2D eigenvalue weighted by Gasteiger charge is 2.32. The van der Waals surface area contributed by atoms with Gasteiger partial charge in [0.25, 0.3) is 0 Å². The molecule has 14 heavy (non-hydrogen) atoms. The van der Waals surface area contributed by atoms with Crippen molar-refractivity contribution < 1.29 is 4.79 Å². The fraction of sp³-hybridized carbons (Fsp3) is 0.900. The first-order valence-corrected chi connectivity index (χ1v) is 5.47. The molecule has 2 aliphatic heterocycles. The number of hydrogen-bond donors (Lipinski definition) is 1. The molecule has 0 aromatic heterocycles. The lowest BCUT2D eigenvalue weighted by molar-refractivity contribution is -0.134. The predicted molar refractivity (Wildman–Crippen MR) is 54.8 cm³/mol. The van der Waals surface area contributed by atoms with E-state index in [4.69, 9.17) is 5.73 Å². The first-order valence-electron chi connectivity index (χ1n) is 5.47. The van der Waals surface area contributed by atoms with E-state index in [-0.39, 0.29) is 11.9 Å². The second kappa shape index (κ2) is 3.87. The lowest BCUT2D eigenvalue weighted by Gasteiger charge is -2.38. The third-order valence-electron chi connectivity index (χ3n) is 3.29. The summed E-state index contributed by atoms with van der Waals surface area (Å²) >= 11 is 0. The number of hydrogen-bond acceptors (Lipinski definition) is 3. The van der Waals surface area contributed by atoms with Crippen molar-refractivity contribution in [2.75, 3.05) is 26.2 Å². The highest BCUT2D eigenvalue weighted by Crippen LogP contribution is 2.21. The Morgan fingerprint density at radius 2 is 2.21 bits per heavy atom. The number of carbonyl (C=O) groups excluding carboxylic acids is 1. The minimum atomic E-state index is -0.344. The lowest BCUT2D eigenvalue weighted by Crippen LogP contribution is -2.55. The van der Waals surface area contributed by atoms with Gasteiger partial charge in [0.1, 0.15) is 0 Å². The zero-order valence-electron chi connectivity index (χ0n) is 8.78. The molecule has 0 saturated carbocycles. The molecular weight excluding hydrogens is 178 g/mol. The molecule has 2 heterocycles. The summed E-state index contributed by atoms with van der Waals surface area (Å²) in [6.07, 6.45) is 2.52. The van der Waals surface area contributed by atoms with Crippen LogP contribution < -0.4 is 5.73 Å². The number of fused-ring (bicyclic) bond motifs is 1. The van der Waals surface area contributed by atoms with Crippen LogP contribution in [0, 0.1) is 0 Å². The summed E-state index contributed by atoms with van der Waals surface area (Å²) in [5.74, 6) is 0.108. The Labute approximate surface area is 85.0 Å². The van der Waals surface area contributed by atoms with Gasteiger partial charge < -0.3 is 10.6 Å². The normalized spacial score (nSPS) is 30.1. The molecule has 0 aromatic rings. The Morgan fingerprint density at radius 3 is 2.93 bits per heavy atom. The molecule has 0 radical (unpaired) electrons. The maximum absolute atomic E-state index is 11.7. The molecule has 1 unspecified atom stereocenters. The molecule has 80 valence electrons. The van der Waals surface area contributed by atoms with Crippen LogP contribution in [-0.2, 0) is 4.79 Å². The summed E-state index contributed by atoms with van der Waals surface area (Å²) in [6, 6.07) is 0.259. The fourth-order valence-electron chi connectivity index (χ4n) is 2.48. The van der Waals surface area contributed by atoms with Crippen molar-refractivity contribution >= 4 is 5.91 Å². The van der Waals surface area contributed by atoms with Gasteiger partial charge in [-0.2, -0.15) is 0 Å². The van der Waals surface area contributed by atoms with E-state index in [9.17, 15) is 4.79 Å². The van der Waals surface area contributed by atoms with Crippen molar-refractivity contribution in [2.24, 2.45) is 5.73 Å². The number of nitrogens with zero attached hydrogens (tertiary/aromatic N) is 2. The molecule has 2 saturated heterocycles. The third kappa shape index (κ3) is 1.77. The van der Waals surface area contributed by atoms with Crippen molar-refractivity contribution in [2.45, 2.75) is 31.8 Å². The summed E-state index contributed by atoms with van der Waals surface area (Å²) in [7, 11) is 0. The number of amides is 1. The maximum atomic E-state index is 11.7. The van der Waals surface area contributed by atoms with Crippen LogP contribution >= 0.6 is 0 Å². The van der Waals surface area contributed by atoms with E-state index < -0.39 is 0 Å². The molecule has 2 N–H and O–H groups in total. The van der Waals surface area contributed by atoms with E-state index in [0.29, 0.717) is 6.04 Å². The summed E-state index contributed by atoms with van der Waals surface area (Å²) in [5.41, 5.74) is 5.60. The monoisotopic (exact) mass is 197 g/mol. The van der Waals surface area contributed by atoms with Crippen LogP contribution in [0.25, 0.3) is 0 Å². The van der Waals surface area contributed by atoms with Gasteiger partial charge in [0.15, 0.2) is 0 Å². The standard InChI is InChI=1S/C10H19N3O/c1-8(11)10(14)13-6-5-12-4-2-3-9(12)7-13/h8-9H,2-7,11H2,1H3/t8-,9?/m0/s1. The van der Waals surface area contributed by atoms with Gasteiger partial charge in [-0.1, -0.05) is 0 Å². The van der Waals surface area contributed by atoms with Crippen molar-refractivity contribution in [3.8, 4) is 0 Å². The van der Waals surface area contributed by atoms with E-state index in [1.165, 1.54) is 19.4 Å². The average Bonchev–Trinajstić information content (AvgIpc) is 2.62. The minimum Gasteiger partial charge on any atom is -0.339 e. The van der Waals surface area contributed by atoms with Crippen LogP contribution in [0.5, 0.6) is 0 Å². The lowest BCUT2D eigenvalue weighted by atomic mass is 10.1. The molecule has 4 nitrogen and oxygen atoms in total. The summed E-state index contributed by atoms with van der Waals surface area (Å²) < 4.78 is 0. The molecule has 0 bridgehead atoms. The zero-order valence-corrected chi connectivity index (χ0v) is 8.78. The molecule has 2 rings (SSSR count). The molecule has 2 fully saturated rings. The Morgan fingerprint density at radius 1 is 1.43 bits per heavy atom. The van der Waals surface area contributed by atoms with E-state index in [1.807, 2.05) is 4.90 Å². The van der Waals surface area contributed by atoms with E-state index in [1.54, 1.807) is 6.92 Å². The molecule has 0 aliphatic carbocycles. The Balaban J connectivity index is 1.94. The van der Waals surface area contributed by atoms with Gasteiger partial charge in [-0.05, 0) is 26.3 Å². The van der Waals surface area contributed by atoms with E-state index in [2.05, 4.69) is 4.90 Å². The van der Waals surface area contributed by atoms with Crippen LogP contribution in [-0.4, -0.2) is 54.0 Å². The van der Waals surface area contributed by atoms with Crippen molar-refractivity contribution in [1.82, 2.24) is 9.80 Å². The topological polar surface area (TPSA) is 49.6 Å². The third-order valence-corrected chi connectivity index (χ3v) is 3.29. The van der Waals surface area contributed by atoms with Gasteiger partial charge >= 0.3 is 0 Å². The molecule has 2 aliphatic rings. The highest BCUT2D eigenvalue weighted by molar-refractivity contribution is 5.81. The Hall–Kier alpha value is -0.610. The van der Waals surface area contributed by atoms with Crippen LogP contribution in [0.2, 0.25) is 0 Å². The first kappa shape index (κ1) is 9.93. The molecule has 4 heteroatoms. The quantitative estimate of drug-likeness (QED) is 0.624. The Bertz CT molecular complexity index is 229. The SMILES string of the molecule is C[C@H](N)C(=O)N1CCN2CCCC2C1. The average molecular weight is 197 g/mol. The van der Waals surface area contributed by atoms with Gasteiger partial charge in [0.2, 0.25) is 5.91 Å². The predicted octanol–water partition coefficient (Wildman–Crippen LogP) is -0.360. The first-order chi connectivity index (χ1) is 6.68. The number of carbonyl (C=O) groups is 1.